The van der Waals surface area contributed by atoms with Crippen LogP contribution < -0.4 is 10.6 Å². The van der Waals surface area contributed by atoms with E-state index in [4.69, 9.17) is 9.47 Å². The van der Waals surface area contributed by atoms with Gasteiger partial charge in [0.05, 0.1) is 18.7 Å². The molecule has 0 aliphatic carbocycles. The average molecular weight is 454 g/mol. The highest BCUT2D eigenvalue weighted by Crippen LogP contribution is 2.32. The smallest absolute Gasteiger partial charge is 0.316 e. The molecule has 2 aliphatic rings. The fourth-order valence-electron chi connectivity index (χ4n) is 4.92. The van der Waals surface area contributed by atoms with Gasteiger partial charge in [0.1, 0.15) is 17.3 Å². The van der Waals surface area contributed by atoms with Crippen molar-refractivity contribution in [3.63, 3.8) is 0 Å². The quantitative estimate of drug-likeness (QED) is 0.495. The first-order valence-corrected chi connectivity index (χ1v) is 11.9. The van der Waals surface area contributed by atoms with E-state index >= 15 is 0 Å². The number of rotatable bonds is 4. The summed E-state index contributed by atoms with van der Waals surface area (Å²) < 4.78 is 11.8. The van der Waals surface area contributed by atoms with Crippen LogP contribution in [0.1, 0.15) is 60.8 Å². The van der Waals surface area contributed by atoms with E-state index in [0.717, 1.165) is 13.0 Å². The van der Waals surface area contributed by atoms with Crippen molar-refractivity contribution in [3.05, 3.63) is 0 Å². The van der Waals surface area contributed by atoms with Crippen molar-refractivity contribution in [2.24, 2.45) is 17.8 Å². The minimum atomic E-state index is -0.853. The van der Waals surface area contributed by atoms with Crippen molar-refractivity contribution >= 4 is 17.7 Å². The van der Waals surface area contributed by atoms with Crippen LogP contribution in [-0.2, 0) is 23.9 Å². The molecule has 2 rings (SSSR count). The molecule has 8 heteroatoms. The van der Waals surface area contributed by atoms with E-state index in [1.165, 1.54) is 0 Å². The minimum Gasteiger partial charge on any atom is -0.455 e. The normalized spacial score (nSPS) is 35.4. The third-order valence-corrected chi connectivity index (χ3v) is 6.86. The Kier molecular flexibility index (Phi) is 9.25. The minimum absolute atomic E-state index is 0.00323. The highest BCUT2D eigenvalue weighted by atomic mass is 16.6. The van der Waals surface area contributed by atoms with Crippen LogP contribution >= 0.6 is 0 Å². The summed E-state index contributed by atoms with van der Waals surface area (Å²) in [4.78, 5) is 40.4. The van der Waals surface area contributed by atoms with Gasteiger partial charge < -0.3 is 25.0 Å². The molecule has 8 nitrogen and oxygen atoms in total. The van der Waals surface area contributed by atoms with E-state index in [0.29, 0.717) is 38.4 Å². The molecule has 0 saturated carbocycles. The number of hydrogen-bond acceptors (Lipinski definition) is 7. The summed E-state index contributed by atoms with van der Waals surface area (Å²) in [5.41, 5.74) is -1.26. The zero-order valence-electron chi connectivity index (χ0n) is 21.0. The van der Waals surface area contributed by atoms with Gasteiger partial charge in [0, 0.05) is 38.6 Å². The maximum absolute atomic E-state index is 13.0. The summed E-state index contributed by atoms with van der Waals surface area (Å²) in [6.07, 6.45) is 1.91. The second-order valence-electron chi connectivity index (χ2n) is 10.5. The highest BCUT2D eigenvalue weighted by Gasteiger charge is 2.45. The molecular formula is C24H43N3O5. The van der Waals surface area contributed by atoms with Crippen LogP contribution in [0.5, 0.6) is 0 Å². The number of nitrogens with zero attached hydrogens (tertiary/aromatic N) is 1. The van der Waals surface area contributed by atoms with Crippen LogP contribution in [0.15, 0.2) is 0 Å². The number of carbonyl (C=O) groups excluding carboxylic acids is 3. The van der Waals surface area contributed by atoms with Crippen molar-refractivity contribution in [1.29, 1.82) is 0 Å². The zero-order valence-corrected chi connectivity index (χ0v) is 21.0. The first kappa shape index (κ1) is 26.7. The summed E-state index contributed by atoms with van der Waals surface area (Å²) in [5, 5.41) is 6.61. The lowest BCUT2D eigenvalue weighted by molar-refractivity contribution is -0.166. The van der Waals surface area contributed by atoms with Gasteiger partial charge >= 0.3 is 5.97 Å². The molecule has 2 heterocycles. The van der Waals surface area contributed by atoms with Crippen LogP contribution in [0.25, 0.3) is 0 Å². The number of amides is 1. The number of hydrogen-bond donors (Lipinski definition) is 2. The van der Waals surface area contributed by atoms with Gasteiger partial charge in [0.15, 0.2) is 0 Å². The van der Waals surface area contributed by atoms with E-state index in [9.17, 15) is 14.4 Å². The summed E-state index contributed by atoms with van der Waals surface area (Å²) in [5.74, 6) is -1.50. The van der Waals surface area contributed by atoms with Gasteiger partial charge in [-0.25, -0.2) is 0 Å². The second-order valence-corrected chi connectivity index (χ2v) is 10.5. The number of esters is 1. The van der Waals surface area contributed by atoms with Gasteiger partial charge in [-0.2, -0.15) is 0 Å². The first-order chi connectivity index (χ1) is 14.9. The zero-order chi connectivity index (χ0) is 24.1. The monoisotopic (exact) mass is 453 g/mol. The van der Waals surface area contributed by atoms with E-state index < -0.39 is 23.1 Å². The van der Waals surface area contributed by atoms with Crippen molar-refractivity contribution in [1.82, 2.24) is 15.5 Å². The van der Waals surface area contributed by atoms with E-state index in [2.05, 4.69) is 17.6 Å². The number of likely N-dealkylation sites (tertiary alicyclic amines) is 1. The van der Waals surface area contributed by atoms with E-state index in [1.807, 2.05) is 27.7 Å². The maximum atomic E-state index is 13.0. The van der Waals surface area contributed by atoms with E-state index in [-0.39, 0.29) is 30.2 Å². The number of nitrogens with one attached hydrogen (secondary N) is 2. The first-order valence-electron chi connectivity index (χ1n) is 11.9. The molecule has 1 amide bonds. The van der Waals surface area contributed by atoms with Gasteiger partial charge in [-0.3, -0.25) is 14.4 Å². The Balaban J connectivity index is 2.20. The molecule has 32 heavy (non-hydrogen) atoms. The van der Waals surface area contributed by atoms with Crippen LogP contribution in [0.3, 0.4) is 0 Å². The molecule has 5 atom stereocenters. The third-order valence-electron chi connectivity index (χ3n) is 6.86. The molecule has 0 bridgehead atoms. The molecule has 2 N–H and O–H groups in total. The van der Waals surface area contributed by atoms with Gasteiger partial charge in [-0.1, -0.05) is 27.7 Å². The standard InChI is InChI=1S/C24H43N3O5/c1-16(2)26-13-20(28)27-9-8-24(15-27)14-25-12-17(3)10-23(6,31-7)11-18(4)21(29)19(5)22(30)32-24/h16-19,25-26H,8-15H2,1-7H3. The van der Waals surface area contributed by atoms with Crippen molar-refractivity contribution < 1.29 is 23.9 Å². The molecule has 5 unspecified atom stereocenters. The summed E-state index contributed by atoms with van der Waals surface area (Å²) in [7, 11) is 1.68. The molecule has 0 aromatic carbocycles. The van der Waals surface area contributed by atoms with Crippen LogP contribution in [0, 0.1) is 17.8 Å². The van der Waals surface area contributed by atoms with Crippen LogP contribution in [-0.4, -0.2) is 79.6 Å². The molecule has 0 aromatic heterocycles. The lowest BCUT2D eigenvalue weighted by Gasteiger charge is -2.33. The molecule has 0 aromatic rings. The Morgan fingerprint density at radius 2 is 1.97 bits per heavy atom. The molecular weight excluding hydrogens is 410 g/mol. The largest absolute Gasteiger partial charge is 0.455 e. The number of Topliss-reactive ketones (excluding diaryl/α,β-unsaturated/α-hetero) is 1. The molecule has 2 fully saturated rings. The molecule has 0 radical (unpaired) electrons. The fourth-order valence-corrected chi connectivity index (χ4v) is 4.92. The SMILES string of the molecule is COC1(C)CC(C)CNCC2(CCN(C(=O)CNC(C)C)C2)OC(=O)C(C)C(=O)C(C)C1. The van der Waals surface area contributed by atoms with Crippen LogP contribution in [0.2, 0.25) is 0 Å². The Morgan fingerprint density at radius 1 is 1.28 bits per heavy atom. The van der Waals surface area contributed by atoms with Crippen molar-refractivity contribution in [2.45, 2.75) is 78.0 Å². The lowest BCUT2D eigenvalue weighted by atomic mass is 9.81. The Bertz CT molecular complexity index is 685. The molecule has 2 aliphatic heterocycles. The topological polar surface area (TPSA) is 97.0 Å². The number of carbonyl (C=O) groups is 3. The molecule has 1 spiro atoms. The average Bonchev–Trinajstić information content (AvgIpc) is 3.13. The summed E-state index contributed by atoms with van der Waals surface area (Å²) in [6, 6.07) is 0.216. The number of ketones is 1. The third kappa shape index (κ3) is 6.99. The van der Waals surface area contributed by atoms with Crippen LogP contribution in [0.4, 0.5) is 0 Å². The molecule has 184 valence electrons. The van der Waals surface area contributed by atoms with Crippen molar-refractivity contribution in [2.75, 3.05) is 39.8 Å². The van der Waals surface area contributed by atoms with Gasteiger partial charge in [0.25, 0.3) is 0 Å². The predicted molar refractivity (Wildman–Crippen MR) is 123 cm³/mol. The van der Waals surface area contributed by atoms with Gasteiger partial charge in [-0.15, -0.1) is 0 Å². The molecule has 2 saturated heterocycles. The Hall–Kier alpha value is -1.51. The second kappa shape index (κ2) is 11.1. The van der Waals surface area contributed by atoms with E-state index in [1.54, 1.807) is 18.9 Å². The Labute approximate surface area is 193 Å². The summed E-state index contributed by atoms with van der Waals surface area (Å²) >= 11 is 0. The number of methoxy groups -OCH3 is 1. The highest BCUT2D eigenvalue weighted by molar-refractivity contribution is 5.99. The van der Waals surface area contributed by atoms with Crippen molar-refractivity contribution in [3.8, 4) is 0 Å². The Morgan fingerprint density at radius 3 is 2.59 bits per heavy atom. The van der Waals surface area contributed by atoms with Gasteiger partial charge in [-0.05, 0) is 39.2 Å². The maximum Gasteiger partial charge on any atom is 0.316 e. The van der Waals surface area contributed by atoms with Gasteiger partial charge in [0.2, 0.25) is 5.91 Å². The fraction of sp³-hybridized carbons (Fsp3) is 0.875. The lowest BCUT2D eigenvalue weighted by Crippen LogP contribution is -2.50. The summed E-state index contributed by atoms with van der Waals surface area (Å²) in [6.45, 7) is 14.0. The number of ether oxygens (including phenoxy) is 2. The predicted octanol–water partition coefficient (Wildman–Crippen LogP) is 1.76.